The maximum Gasteiger partial charge on any atom is 0.161 e. The summed E-state index contributed by atoms with van der Waals surface area (Å²) in [4.78, 5) is 24.8. The van der Waals surface area contributed by atoms with Gasteiger partial charge in [-0.05, 0) is 76.5 Å². The van der Waals surface area contributed by atoms with Crippen molar-refractivity contribution in [2.24, 2.45) is 0 Å². The van der Waals surface area contributed by atoms with E-state index in [1.54, 1.807) is 0 Å². The summed E-state index contributed by atoms with van der Waals surface area (Å²) in [6.07, 6.45) is 16.2. The summed E-state index contributed by atoms with van der Waals surface area (Å²) in [6.45, 7) is 13.2. The van der Waals surface area contributed by atoms with Gasteiger partial charge in [-0.2, -0.15) is 5.10 Å². The molecular weight excluding hydrogens is 498 g/mol. The fourth-order valence-electron chi connectivity index (χ4n) is 4.99. The Bertz CT molecular complexity index is 1640. The Balaban J connectivity index is 0.00000158. The van der Waals surface area contributed by atoms with E-state index in [1.807, 2.05) is 94.5 Å². The van der Waals surface area contributed by atoms with Crippen LogP contribution in [0.15, 0.2) is 61.3 Å². The summed E-state index contributed by atoms with van der Waals surface area (Å²) in [5.74, 6) is 0.664. The molecule has 2 N–H and O–H groups in total. The quantitative estimate of drug-likeness (QED) is 0.237. The maximum atomic E-state index is 5.00. The number of imidazole rings is 2. The predicted octanol–water partition coefficient (Wildman–Crippen LogP) is 6.31. The second-order valence-corrected chi connectivity index (χ2v) is 9.79. The number of allylic oxidation sites excluding steroid dienone is 3. The van der Waals surface area contributed by atoms with Crippen LogP contribution in [0.4, 0.5) is 0 Å². The Hall–Kier alpha value is -4.37. The molecule has 1 fully saturated rings. The number of aromatic amines is 2. The Morgan fingerprint density at radius 2 is 1.90 bits per heavy atom. The molecule has 5 aromatic rings. The van der Waals surface area contributed by atoms with E-state index in [0.717, 1.165) is 64.7 Å². The number of aryl methyl sites for hydroxylation is 2. The van der Waals surface area contributed by atoms with Crippen molar-refractivity contribution in [3.8, 4) is 22.8 Å². The fraction of sp³-hybridized carbons (Fsp3) is 0.323. The molecule has 0 unspecified atom stereocenters. The summed E-state index contributed by atoms with van der Waals surface area (Å²) in [5, 5.41) is 7.70. The highest BCUT2D eigenvalue weighted by Crippen LogP contribution is 2.29. The van der Waals surface area contributed by atoms with Gasteiger partial charge in [-0.3, -0.25) is 15.0 Å². The van der Waals surface area contributed by atoms with Gasteiger partial charge in [0.2, 0.25) is 0 Å². The third kappa shape index (κ3) is 5.65. The van der Waals surface area contributed by atoms with E-state index < -0.39 is 0 Å². The largest absolute Gasteiger partial charge is 0.340 e. The topological polar surface area (TPSA) is 104 Å². The monoisotopic (exact) mass is 535 g/mol. The molecule has 9 heteroatoms. The van der Waals surface area contributed by atoms with E-state index in [2.05, 4.69) is 36.1 Å². The molecule has 1 aliphatic rings. The molecule has 0 radical (unpaired) electrons. The zero-order valence-electron chi connectivity index (χ0n) is 23.9. The number of H-pyrrole nitrogens is 2. The SMILES string of the molecule is C/C=C\C=C(/c1nc(-c2n[nH]c3ccc(-c4cncc(CN5CCCC5)c4)nc23)[nH]c1C)n1cnc(C)c1.CC. The highest BCUT2D eigenvalue weighted by atomic mass is 15.2. The number of likely N-dealkylation sites (tertiary alicyclic amines) is 1. The Kier molecular flexibility index (Phi) is 8.31. The van der Waals surface area contributed by atoms with Gasteiger partial charge in [-0.25, -0.2) is 15.0 Å². The Labute approximate surface area is 235 Å². The standard InChI is InChI=1S/C29H31N9.C2H6/c1-4-5-8-25(38-16-19(2)31-18-38)26-20(3)32-29(34-26)28-27-24(35-36-28)10-9-23(33-27)22-13-21(14-30-15-22)17-37-11-6-7-12-37;1-2/h4-5,8-10,13-16,18H,6-7,11-12,17H2,1-3H3,(H,32,34)(H,35,36);1-2H3/b5-4-,25-8+;. The van der Waals surface area contributed by atoms with Gasteiger partial charge in [-0.15, -0.1) is 0 Å². The highest BCUT2D eigenvalue weighted by molar-refractivity contribution is 5.89. The van der Waals surface area contributed by atoms with Gasteiger partial charge >= 0.3 is 0 Å². The van der Waals surface area contributed by atoms with Crippen molar-refractivity contribution < 1.29 is 0 Å². The molecule has 0 aromatic carbocycles. The normalized spacial score (nSPS) is 14.3. The van der Waals surface area contributed by atoms with Crippen LogP contribution in [0.1, 0.15) is 56.3 Å². The van der Waals surface area contributed by atoms with Crippen molar-refractivity contribution in [3.05, 3.63) is 84.0 Å². The van der Waals surface area contributed by atoms with Crippen molar-refractivity contribution >= 4 is 16.7 Å². The van der Waals surface area contributed by atoms with Crippen molar-refractivity contribution in [2.45, 2.75) is 54.0 Å². The lowest BCUT2D eigenvalue weighted by Gasteiger charge is -2.14. The first-order chi connectivity index (χ1) is 19.6. The second-order valence-electron chi connectivity index (χ2n) is 9.79. The Morgan fingerprint density at radius 3 is 2.65 bits per heavy atom. The van der Waals surface area contributed by atoms with Gasteiger partial charge < -0.3 is 9.55 Å². The maximum absolute atomic E-state index is 5.00. The van der Waals surface area contributed by atoms with Crippen LogP contribution in [-0.4, -0.2) is 57.7 Å². The fourth-order valence-corrected chi connectivity index (χ4v) is 4.99. The van der Waals surface area contributed by atoms with Gasteiger partial charge in [-0.1, -0.05) is 26.0 Å². The molecule has 0 bridgehead atoms. The molecule has 1 aliphatic heterocycles. The number of rotatable bonds is 7. The molecule has 1 saturated heterocycles. The van der Waals surface area contributed by atoms with Gasteiger partial charge in [0, 0.05) is 36.4 Å². The molecule has 0 saturated carbocycles. The zero-order chi connectivity index (χ0) is 28.1. The number of nitrogens with zero attached hydrogens (tertiary/aromatic N) is 7. The van der Waals surface area contributed by atoms with Crippen LogP contribution in [-0.2, 0) is 6.54 Å². The number of aromatic nitrogens is 8. The van der Waals surface area contributed by atoms with E-state index in [0.29, 0.717) is 11.5 Å². The lowest BCUT2D eigenvalue weighted by atomic mass is 10.1. The number of pyridine rings is 2. The first-order valence-corrected chi connectivity index (χ1v) is 14.0. The molecule has 40 heavy (non-hydrogen) atoms. The van der Waals surface area contributed by atoms with Crippen molar-refractivity contribution in [3.63, 3.8) is 0 Å². The average molecular weight is 536 g/mol. The molecule has 0 spiro atoms. The van der Waals surface area contributed by atoms with Crippen molar-refractivity contribution in [2.75, 3.05) is 13.1 Å². The third-order valence-electron chi connectivity index (χ3n) is 6.89. The smallest absolute Gasteiger partial charge is 0.161 e. The molecule has 0 amide bonds. The van der Waals surface area contributed by atoms with Crippen molar-refractivity contribution in [1.29, 1.82) is 0 Å². The lowest BCUT2D eigenvalue weighted by molar-refractivity contribution is 0.331. The van der Waals surface area contributed by atoms with E-state index in [-0.39, 0.29) is 0 Å². The predicted molar refractivity (Wildman–Crippen MR) is 160 cm³/mol. The molecule has 206 valence electrons. The molecule has 6 rings (SSSR count). The molecule has 0 aliphatic carbocycles. The van der Waals surface area contributed by atoms with Crippen LogP contribution in [0.25, 0.3) is 39.5 Å². The molecule has 5 aromatic heterocycles. The number of fused-ring (bicyclic) bond motifs is 1. The number of hydrogen-bond donors (Lipinski definition) is 2. The van der Waals surface area contributed by atoms with Gasteiger partial charge in [0.05, 0.1) is 28.9 Å². The van der Waals surface area contributed by atoms with Gasteiger partial charge in [0.15, 0.2) is 11.5 Å². The summed E-state index contributed by atoms with van der Waals surface area (Å²) in [7, 11) is 0. The summed E-state index contributed by atoms with van der Waals surface area (Å²) >= 11 is 0. The van der Waals surface area contributed by atoms with Crippen molar-refractivity contribution in [1.82, 2.24) is 44.6 Å². The lowest BCUT2D eigenvalue weighted by Crippen LogP contribution is -2.18. The molecular formula is C31H37N9. The second kappa shape index (κ2) is 12.2. The van der Waals surface area contributed by atoms with Gasteiger partial charge in [0.1, 0.15) is 11.2 Å². The molecule has 6 heterocycles. The van der Waals surface area contributed by atoms with Crippen LogP contribution < -0.4 is 0 Å². The first kappa shape index (κ1) is 27.2. The number of hydrogen-bond acceptors (Lipinski definition) is 6. The third-order valence-corrected chi connectivity index (χ3v) is 6.89. The van der Waals surface area contributed by atoms with E-state index in [9.17, 15) is 0 Å². The average Bonchev–Trinajstić information content (AvgIpc) is 3.79. The minimum atomic E-state index is 0.664. The van der Waals surface area contributed by atoms with E-state index in [4.69, 9.17) is 9.97 Å². The number of nitrogens with one attached hydrogen (secondary N) is 2. The van der Waals surface area contributed by atoms with Crippen LogP contribution in [0.3, 0.4) is 0 Å². The van der Waals surface area contributed by atoms with Gasteiger partial charge in [0.25, 0.3) is 0 Å². The first-order valence-electron chi connectivity index (χ1n) is 14.0. The summed E-state index contributed by atoms with van der Waals surface area (Å²) in [5.41, 5.74) is 9.03. The van der Waals surface area contributed by atoms with E-state index in [1.165, 1.54) is 18.4 Å². The minimum Gasteiger partial charge on any atom is -0.340 e. The van der Waals surface area contributed by atoms with Crippen LogP contribution in [0.5, 0.6) is 0 Å². The summed E-state index contributed by atoms with van der Waals surface area (Å²) < 4.78 is 1.99. The molecule has 9 nitrogen and oxygen atoms in total. The van der Waals surface area contributed by atoms with E-state index >= 15 is 0 Å². The molecule has 0 atom stereocenters. The van der Waals surface area contributed by atoms with Crippen LogP contribution in [0.2, 0.25) is 0 Å². The van der Waals surface area contributed by atoms with Crippen LogP contribution >= 0.6 is 0 Å². The minimum absolute atomic E-state index is 0.664. The van der Waals surface area contributed by atoms with Crippen LogP contribution in [0, 0.1) is 13.8 Å². The zero-order valence-corrected chi connectivity index (χ0v) is 23.9. The summed E-state index contributed by atoms with van der Waals surface area (Å²) in [6, 6.07) is 6.22. The Morgan fingerprint density at radius 1 is 1.07 bits per heavy atom. The highest BCUT2D eigenvalue weighted by Gasteiger charge is 2.19.